The first-order valence-corrected chi connectivity index (χ1v) is 6.53. The highest BCUT2D eigenvalue weighted by Crippen LogP contribution is 2.11. The van der Waals surface area contributed by atoms with Crippen LogP contribution in [0.25, 0.3) is 0 Å². The van der Waals surface area contributed by atoms with Crippen molar-refractivity contribution in [3.63, 3.8) is 0 Å². The molecular formula is C16H13N3O3. The number of hydrogen-bond acceptors (Lipinski definition) is 5. The van der Waals surface area contributed by atoms with Gasteiger partial charge in [0.15, 0.2) is 0 Å². The molecule has 1 amide bonds. The van der Waals surface area contributed by atoms with E-state index in [0.717, 1.165) is 0 Å². The summed E-state index contributed by atoms with van der Waals surface area (Å²) in [5.74, 6) is -0.867. The number of benzene rings is 1. The van der Waals surface area contributed by atoms with E-state index in [1.807, 2.05) is 6.07 Å². The Morgan fingerprint density at radius 2 is 1.95 bits per heavy atom. The van der Waals surface area contributed by atoms with Crippen LogP contribution in [0, 0.1) is 11.3 Å². The Labute approximate surface area is 127 Å². The van der Waals surface area contributed by atoms with Crippen molar-refractivity contribution in [2.45, 2.75) is 13.0 Å². The van der Waals surface area contributed by atoms with Gasteiger partial charge < -0.3 is 10.1 Å². The van der Waals surface area contributed by atoms with E-state index in [9.17, 15) is 9.59 Å². The molecule has 1 heterocycles. The fraction of sp³-hybridized carbons (Fsp3) is 0.125. The number of carbonyl (C=O) groups is 2. The number of ether oxygens (including phenoxy) is 1. The van der Waals surface area contributed by atoms with Gasteiger partial charge in [0.1, 0.15) is 13.0 Å². The van der Waals surface area contributed by atoms with Crippen LogP contribution >= 0.6 is 0 Å². The van der Waals surface area contributed by atoms with Crippen LogP contribution in [0.2, 0.25) is 0 Å². The topological polar surface area (TPSA) is 92.1 Å². The lowest BCUT2D eigenvalue weighted by Crippen LogP contribution is -2.10. The number of esters is 1. The lowest BCUT2D eigenvalue weighted by atomic mass is 10.2. The Morgan fingerprint density at radius 3 is 2.59 bits per heavy atom. The number of pyridine rings is 1. The van der Waals surface area contributed by atoms with Gasteiger partial charge in [-0.1, -0.05) is 6.07 Å². The average Bonchev–Trinajstić information content (AvgIpc) is 2.54. The summed E-state index contributed by atoms with van der Waals surface area (Å²) in [5, 5.41) is 11.0. The predicted octanol–water partition coefficient (Wildman–Crippen LogP) is 2.29. The van der Waals surface area contributed by atoms with Gasteiger partial charge in [0, 0.05) is 11.9 Å². The quantitative estimate of drug-likeness (QED) is 0.854. The Hall–Kier alpha value is -3.20. The second-order valence-corrected chi connectivity index (χ2v) is 4.36. The van der Waals surface area contributed by atoms with Crippen molar-refractivity contribution in [1.29, 1.82) is 5.26 Å². The Bertz CT molecular complexity index is 691. The molecule has 0 atom stereocenters. The molecule has 2 rings (SSSR count). The van der Waals surface area contributed by atoms with Crippen molar-refractivity contribution >= 4 is 17.6 Å². The molecule has 110 valence electrons. The molecule has 1 aromatic carbocycles. The number of nitrogens with zero attached hydrogens (tertiary/aromatic N) is 2. The van der Waals surface area contributed by atoms with E-state index in [2.05, 4.69) is 10.3 Å². The third-order valence-corrected chi connectivity index (χ3v) is 2.72. The van der Waals surface area contributed by atoms with Gasteiger partial charge in [0.2, 0.25) is 5.91 Å². The average molecular weight is 295 g/mol. The number of aromatic nitrogens is 1. The van der Waals surface area contributed by atoms with Crippen molar-refractivity contribution < 1.29 is 14.3 Å². The van der Waals surface area contributed by atoms with E-state index >= 15 is 0 Å². The highest BCUT2D eigenvalue weighted by atomic mass is 16.5. The predicted molar refractivity (Wildman–Crippen MR) is 78.7 cm³/mol. The van der Waals surface area contributed by atoms with Crippen LogP contribution in [0.5, 0.6) is 0 Å². The molecule has 6 heteroatoms. The van der Waals surface area contributed by atoms with E-state index in [4.69, 9.17) is 10.00 Å². The molecule has 22 heavy (non-hydrogen) atoms. The molecule has 0 aliphatic rings. The maximum atomic E-state index is 11.9. The van der Waals surface area contributed by atoms with Crippen molar-refractivity contribution in [3.05, 3.63) is 59.9 Å². The zero-order valence-electron chi connectivity index (χ0n) is 11.7. The van der Waals surface area contributed by atoms with Gasteiger partial charge in [-0.25, -0.2) is 4.79 Å². The second kappa shape index (κ2) is 7.55. The minimum absolute atomic E-state index is 0.0975. The Balaban J connectivity index is 1.91. The van der Waals surface area contributed by atoms with Gasteiger partial charge in [-0.05, 0) is 36.4 Å². The van der Waals surface area contributed by atoms with Crippen LogP contribution in [-0.2, 0) is 16.1 Å². The van der Waals surface area contributed by atoms with Crippen molar-refractivity contribution in [2.75, 3.05) is 5.32 Å². The molecule has 0 radical (unpaired) electrons. The van der Waals surface area contributed by atoms with Crippen LogP contribution in [0.4, 0.5) is 5.69 Å². The normalized spacial score (nSPS) is 9.59. The monoisotopic (exact) mass is 295 g/mol. The summed E-state index contributed by atoms with van der Waals surface area (Å²) in [5.41, 5.74) is 1.55. The van der Waals surface area contributed by atoms with Crippen molar-refractivity contribution in [3.8, 4) is 6.07 Å². The minimum atomic E-state index is -0.472. The first-order chi connectivity index (χ1) is 10.7. The molecule has 0 spiro atoms. The van der Waals surface area contributed by atoms with E-state index in [-0.39, 0.29) is 13.0 Å². The van der Waals surface area contributed by atoms with Gasteiger partial charge in [-0.15, -0.1) is 0 Å². The third kappa shape index (κ3) is 4.42. The van der Waals surface area contributed by atoms with Crippen LogP contribution in [0.1, 0.15) is 22.5 Å². The zero-order valence-corrected chi connectivity index (χ0v) is 11.7. The maximum Gasteiger partial charge on any atom is 0.338 e. The number of nitrogens with one attached hydrogen (secondary N) is 1. The first kappa shape index (κ1) is 15.2. The molecule has 1 aromatic heterocycles. The molecule has 0 saturated heterocycles. The van der Waals surface area contributed by atoms with Crippen molar-refractivity contribution in [1.82, 2.24) is 4.98 Å². The standard InChI is InChI=1S/C16H13N3O3/c17-9-8-15(20)19-13-6-4-12(5-7-13)16(21)22-11-14-3-1-2-10-18-14/h1-7,10H,8,11H2,(H,19,20). The summed E-state index contributed by atoms with van der Waals surface area (Å²) in [7, 11) is 0. The van der Waals surface area contributed by atoms with Crippen molar-refractivity contribution in [2.24, 2.45) is 0 Å². The molecule has 6 nitrogen and oxygen atoms in total. The van der Waals surface area contributed by atoms with Crippen LogP contribution in [-0.4, -0.2) is 16.9 Å². The van der Waals surface area contributed by atoms with E-state index in [0.29, 0.717) is 16.9 Å². The molecule has 1 N–H and O–H groups in total. The van der Waals surface area contributed by atoms with Gasteiger partial charge in [-0.2, -0.15) is 5.26 Å². The van der Waals surface area contributed by atoms with Crippen LogP contribution in [0.15, 0.2) is 48.7 Å². The van der Waals surface area contributed by atoms with Crippen LogP contribution < -0.4 is 5.32 Å². The maximum absolute atomic E-state index is 11.9. The molecule has 0 aliphatic carbocycles. The zero-order chi connectivity index (χ0) is 15.8. The third-order valence-electron chi connectivity index (χ3n) is 2.72. The number of rotatable bonds is 5. The summed E-state index contributed by atoms with van der Waals surface area (Å²) in [4.78, 5) is 27.2. The highest BCUT2D eigenvalue weighted by molar-refractivity contribution is 5.93. The first-order valence-electron chi connectivity index (χ1n) is 6.53. The lowest BCUT2D eigenvalue weighted by molar-refractivity contribution is -0.115. The fourth-order valence-corrected chi connectivity index (χ4v) is 1.67. The summed E-state index contributed by atoms with van der Waals surface area (Å²) in [6.07, 6.45) is 1.41. The van der Waals surface area contributed by atoms with E-state index in [1.54, 1.807) is 48.7 Å². The summed E-state index contributed by atoms with van der Waals surface area (Å²) in [6.45, 7) is 0.0975. The van der Waals surface area contributed by atoms with Gasteiger partial charge in [-0.3, -0.25) is 9.78 Å². The minimum Gasteiger partial charge on any atom is -0.456 e. The fourth-order valence-electron chi connectivity index (χ4n) is 1.67. The Kier molecular flexibility index (Phi) is 5.21. The van der Waals surface area contributed by atoms with E-state index < -0.39 is 11.9 Å². The molecular weight excluding hydrogens is 282 g/mol. The van der Waals surface area contributed by atoms with E-state index in [1.165, 1.54) is 0 Å². The number of amides is 1. The molecule has 0 saturated carbocycles. The lowest BCUT2D eigenvalue weighted by Gasteiger charge is -2.06. The molecule has 2 aromatic rings. The molecule has 0 bridgehead atoms. The second-order valence-electron chi connectivity index (χ2n) is 4.36. The Morgan fingerprint density at radius 1 is 1.18 bits per heavy atom. The molecule has 0 unspecified atom stereocenters. The van der Waals surface area contributed by atoms with Crippen LogP contribution in [0.3, 0.4) is 0 Å². The highest BCUT2D eigenvalue weighted by Gasteiger charge is 2.08. The number of hydrogen-bond donors (Lipinski definition) is 1. The number of carbonyl (C=O) groups excluding carboxylic acids is 2. The largest absolute Gasteiger partial charge is 0.456 e. The van der Waals surface area contributed by atoms with Gasteiger partial charge in [0.25, 0.3) is 0 Å². The molecule has 0 fully saturated rings. The summed E-state index contributed by atoms with van der Waals surface area (Å²) < 4.78 is 5.14. The number of anilines is 1. The summed E-state index contributed by atoms with van der Waals surface area (Å²) in [6, 6.07) is 13.4. The van der Waals surface area contributed by atoms with Gasteiger partial charge >= 0.3 is 5.97 Å². The summed E-state index contributed by atoms with van der Waals surface area (Å²) >= 11 is 0. The smallest absolute Gasteiger partial charge is 0.338 e. The molecule has 0 aliphatic heterocycles. The van der Waals surface area contributed by atoms with Gasteiger partial charge in [0.05, 0.1) is 17.3 Å². The number of nitriles is 1. The SMILES string of the molecule is N#CCC(=O)Nc1ccc(C(=O)OCc2ccccn2)cc1.